The number of aryl methyl sites for hydroxylation is 2. The van der Waals surface area contributed by atoms with E-state index < -0.39 is 0 Å². The second-order valence-corrected chi connectivity index (χ2v) is 4.80. The van der Waals surface area contributed by atoms with E-state index in [-0.39, 0.29) is 5.54 Å². The van der Waals surface area contributed by atoms with Gasteiger partial charge in [0.1, 0.15) is 0 Å². The Hall–Kier alpha value is -0.870. The lowest BCUT2D eigenvalue weighted by Gasteiger charge is -2.33. The molecule has 90 valence electrons. The number of hydrogen-bond acceptors (Lipinski definition) is 3. The molecule has 0 radical (unpaired) electrons. The van der Waals surface area contributed by atoms with Gasteiger partial charge in [-0.3, -0.25) is 4.68 Å². The molecule has 16 heavy (non-hydrogen) atoms. The lowest BCUT2D eigenvalue weighted by molar-refractivity contribution is 0.0375. The maximum absolute atomic E-state index is 6.34. The molecule has 1 aromatic heterocycles. The van der Waals surface area contributed by atoms with Crippen molar-refractivity contribution in [3.8, 4) is 0 Å². The van der Waals surface area contributed by atoms with Crippen LogP contribution in [0.4, 0.5) is 0 Å². The van der Waals surface area contributed by atoms with Crippen LogP contribution in [0.2, 0.25) is 0 Å². The average molecular weight is 223 g/mol. The maximum atomic E-state index is 6.34. The predicted octanol–water partition coefficient (Wildman–Crippen LogP) is 1.03. The quantitative estimate of drug-likeness (QED) is 0.832. The first-order valence-electron chi connectivity index (χ1n) is 6.01. The third kappa shape index (κ3) is 2.44. The highest BCUT2D eigenvalue weighted by atomic mass is 16.5. The van der Waals surface area contributed by atoms with Crippen molar-refractivity contribution in [1.29, 1.82) is 0 Å². The van der Waals surface area contributed by atoms with Gasteiger partial charge in [0, 0.05) is 31.3 Å². The second kappa shape index (κ2) is 4.55. The van der Waals surface area contributed by atoms with Crippen LogP contribution in [0.5, 0.6) is 0 Å². The van der Waals surface area contributed by atoms with E-state index in [4.69, 9.17) is 10.5 Å². The van der Waals surface area contributed by atoms with Crippen molar-refractivity contribution in [2.75, 3.05) is 13.2 Å². The van der Waals surface area contributed by atoms with Crippen molar-refractivity contribution in [2.24, 2.45) is 12.8 Å². The Morgan fingerprint density at radius 1 is 1.62 bits per heavy atom. The van der Waals surface area contributed by atoms with Crippen LogP contribution in [0, 0.1) is 0 Å². The number of hydrogen-bond donors (Lipinski definition) is 1. The second-order valence-electron chi connectivity index (χ2n) is 4.80. The number of ether oxygens (including phenoxy) is 1. The standard InChI is InChI=1S/C12H21N3O/c1-3-10-7-11(15(2)14-10)8-12(13)5-4-6-16-9-12/h7H,3-6,8-9,13H2,1-2H3. The number of aromatic nitrogens is 2. The molecule has 1 aliphatic heterocycles. The summed E-state index contributed by atoms with van der Waals surface area (Å²) >= 11 is 0. The number of nitrogens with zero attached hydrogens (tertiary/aromatic N) is 2. The Morgan fingerprint density at radius 2 is 2.44 bits per heavy atom. The van der Waals surface area contributed by atoms with E-state index in [0.29, 0.717) is 6.61 Å². The van der Waals surface area contributed by atoms with Gasteiger partial charge in [-0.2, -0.15) is 5.10 Å². The van der Waals surface area contributed by atoms with E-state index in [1.54, 1.807) is 0 Å². The van der Waals surface area contributed by atoms with Crippen molar-refractivity contribution in [3.63, 3.8) is 0 Å². The fourth-order valence-electron chi connectivity index (χ4n) is 2.28. The highest BCUT2D eigenvalue weighted by molar-refractivity contribution is 5.14. The summed E-state index contributed by atoms with van der Waals surface area (Å²) < 4.78 is 7.42. The van der Waals surface area contributed by atoms with Crippen molar-refractivity contribution in [1.82, 2.24) is 9.78 Å². The summed E-state index contributed by atoms with van der Waals surface area (Å²) in [6.45, 7) is 3.64. The summed E-state index contributed by atoms with van der Waals surface area (Å²) in [5, 5.41) is 4.45. The Morgan fingerprint density at radius 3 is 3.00 bits per heavy atom. The molecule has 0 amide bonds. The predicted molar refractivity (Wildman–Crippen MR) is 63.3 cm³/mol. The number of rotatable bonds is 3. The zero-order valence-corrected chi connectivity index (χ0v) is 10.2. The summed E-state index contributed by atoms with van der Waals surface area (Å²) in [6, 6.07) is 2.16. The lowest BCUT2D eigenvalue weighted by atomic mass is 9.88. The van der Waals surface area contributed by atoms with Crippen LogP contribution in [-0.4, -0.2) is 28.5 Å². The van der Waals surface area contributed by atoms with Crippen LogP contribution >= 0.6 is 0 Å². The van der Waals surface area contributed by atoms with Gasteiger partial charge in [0.15, 0.2) is 0 Å². The van der Waals surface area contributed by atoms with Gasteiger partial charge in [0.2, 0.25) is 0 Å². The van der Waals surface area contributed by atoms with E-state index >= 15 is 0 Å². The molecular weight excluding hydrogens is 202 g/mol. The third-order valence-corrected chi connectivity index (χ3v) is 3.28. The summed E-state index contributed by atoms with van der Waals surface area (Å²) in [5.41, 5.74) is 8.50. The molecular formula is C12H21N3O. The highest BCUT2D eigenvalue weighted by Gasteiger charge is 2.29. The minimum Gasteiger partial charge on any atom is -0.380 e. The van der Waals surface area contributed by atoms with E-state index in [9.17, 15) is 0 Å². The van der Waals surface area contributed by atoms with Crippen LogP contribution in [-0.2, 0) is 24.6 Å². The molecule has 0 bridgehead atoms. The monoisotopic (exact) mass is 223 g/mol. The van der Waals surface area contributed by atoms with Crippen molar-refractivity contribution >= 4 is 0 Å². The van der Waals surface area contributed by atoms with Gasteiger partial charge in [0.05, 0.1) is 12.3 Å². The third-order valence-electron chi connectivity index (χ3n) is 3.28. The fraction of sp³-hybridized carbons (Fsp3) is 0.750. The molecule has 0 saturated carbocycles. The molecule has 0 aliphatic carbocycles. The van der Waals surface area contributed by atoms with Crippen molar-refractivity contribution in [3.05, 3.63) is 17.5 Å². The topological polar surface area (TPSA) is 53.1 Å². The molecule has 1 saturated heterocycles. The Bertz CT molecular complexity index is 353. The van der Waals surface area contributed by atoms with Crippen LogP contribution < -0.4 is 5.73 Å². The lowest BCUT2D eigenvalue weighted by Crippen LogP contribution is -2.49. The van der Waals surface area contributed by atoms with Gasteiger partial charge >= 0.3 is 0 Å². The van der Waals surface area contributed by atoms with E-state index in [2.05, 4.69) is 18.1 Å². The molecule has 4 heteroatoms. The average Bonchev–Trinajstić information content (AvgIpc) is 2.60. The van der Waals surface area contributed by atoms with Crippen LogP contribution in [0.3, 0.4) is 0 Å². The summed E-state index contributed by atoms with van der Waals surface area (Å²) in [6.07, 6.45) is 3.94. The summed E-state index contributed by atoms with van der Waals surface area (Å²) in [7, 11) is 1.99. The first-order valence-corrected chi connectivity index (χ1v) is 6.01. The highest BCUT2D eigenvalue weighted by Crippen LogP contribution is 2.21. The van der Waals surface area contributed by atoms with E-state index in [1.807, 2.05) is 11.7 Å². The Labute approximate surface area is 96.8 Å². The van der Waals surface area contributed by atoms with Gasteiger partial charge < -0.3 is 10.5 Å². The van der Waals surface area contributed by atoms with Crippen molar-refractivity contribution in [2.45, 2.75) is 38.1 Å². The van der Waals surface area contributed by atoms with Crippen LogP contribution in [0.1, 0.15) is 31.2 Å². The molecule has 1 fully saturated rings. The van der Waals surface area contributed by atoms with Crippen LogP contribution in [0.25, 0.3) is 0 Å². The van der Waals surface area contributed by atoms with Gasteiger partial charge in [-0.1, -0.05) is 6.92 Å². The molecule has 4 nitrogen and oxygen atoms in total. The smallest absolute Gasteiger partial charge is 0.0650 e. The summed E-state index contributed by atoms with van der Waals surface area (Å²) in [4.78, 5) is 0. The molecule has 1 atom stereocenters. The fourth-order valence-corrected chi connectivity index (χ4v) is 2.28. The van der Waals surface area contributed by atoms with Gasteiger partial charge in [-0.15, -0.1) is 0 Å². The molecule has 2 N–H and O–H groups in total. The molecule has 0 spiro atoms. The normalized spacial score (nSPS) is 25.9. The van der Waals surface area contributed by atoms with E-state index in [0.717, 1.165) is 38.0 Å². The van der Waals surface area contributed by atoms with Gasteiger partial charge in [0.25, 0.3) is 0 Å². The molecule has 1 aromatic rings. The molecule has 2 rings (SSSR count). The van der Waals surface area contributed by atoms with E-state index in [1.165, 1.54) is 5.69 Å². The Kier molecular flexibility index (Phi) is 3.30. The first-order chi connectivity index (χ1) is 7.63. The van der Waals surface area contributed by atoms with Gasteiger partial charge in [-0.25, -0.2) is 0 Å². The minimum absolute atomic E-state index is 0.197. The molecule has 0 aromatic carbocycles. The first kappa shape index (κ1) is 11.6. The molecule has 1 aliphatic rings. The minimum atomic E-state index is -0.197. The largest absolute Gasteiger partial charge is 0.380 e. The zero-order valence-electron chi connectivity index (χ0n) is 10.2. The maximum Gasteiger partial charge on any atom is 0.0650 e. The van der Waals surface area contributed by atoms with Gasteiger partial charge in [-0.05, 0) is 25.3 Å². The molecule has 2 heterocycles. The SMILES string of the molecule is CCc1cc(CC2(N)CCCOC2)n(C)n1. The van der Waals surface area contributed by atoms with Crippen molar-refractivity contribution < 1.29 is 4.74 Å². The molecule has 1 unspecified atom stereocenters. The number of nitrogens with two attached hydrogens (primary N) is 1. The summed E-state index contributed by atoms with van der Waals surface area (Å²) in [5.74, 6) is 0. The Balaban J connectivity index is 2.09. The van der Waals surface area contributed by atoms with Crippen LogP contribution in [0.15, 0.2) is 6.07 Å². The zero-order chi connectivity index (χ0) is 11.6.